The van der Waals surface area contributed by atoms with E-state index in [2.05, 4.69) is 295 Å². The number of para-hydroxylation sites is 4. The number of hydrogen-bond donors (Lipinski definition) is 0. The first-order valence-electron chi connectivity index (χ1n) is 36.4. The average Bonchev–Trinajstić information content (AvgIpc) is 0.994. The molecular formula is C98H65B2BrN2O3P2S4. The van der Waals surface area contributed by atoms with Crippen LogP contribution in [0.25, 0.3) is 138 Å². The van der Waals surface area contributed by atoms with Crippen LogP contribution in [0.15, 0.2) is 389 Å². The van der Waals surface area contributed by atoms with Gasteiger partial charge in [0.1, 0.15) is 0 Å². The first-order chi connectivity index (χ1) is 54.6. The molecule has 0 N–H and O–H groups in total. The predicted octanol–water partition coefficient (Wildman–Crippen LogP) is 25.4. The summed E-state index contributed by atoms with van der Waals surface area (Å²) < 4.78 is 43.8. The van der Waals surface area contributed by atoms with Crippen molar-refractivity contribution in [2.24, 2.45) is 0 Å². The summed E-state index contributed by atoms with van der Waals surface area (Å²) >= 11 is 10.7. The molecule has 5 nitrogen and oxygen atoms in total. The van der Waals surface area contributed by atoms with E-state index in [4.69, 9.17) is 0 Å². The Labute approximate surface area is 675 Å². The number of aromatic nitrogens is 2. The van der Waals surface area contributed by atoms with Crippen molar-refractivity contribution in [3.63, 3.8) is 0 Å². The molecule has 1 atom stereocenters. The average molecular weight is 1610 g/mol. The molecule has 6 heterocycles. The molecule has 0 amide bonds. The zero-order chi connectivity index (χ0) is 74.9. The van der Waals surface area contributed by atoms with Crippen LogP contribution in [0, 0.1) is 0 Å². The van der Waals surface area contributed by atoms with Crippen molar-refractivity contribution >= 4 is 227 Å². The summed E-state index contributed by atoms with van der Waals surface area (Å²) in [5.74, 6) is 0. The Morgan fingerprint density at radius 1 is 0.312 bits per heavy atom. The molecule has 21 aromatic rings. The minimum absolute atomic E-state index is 0. The quantitative estimate of drug-likeness (QED) is 0.0946. The van der Waals surface area contributed by atoms with E-state index in [0.29, 0.717) is 0 Å². The highest BCUT2D eigenvalue weighted by Crippen LogP contribution is 2.54. The van der Waals surface area contributed by atoms with E-state index in [9.17, 15) is 9.36 Å². The van der Waals surface area contributed by atoms with Gasteiger partial charge in [0.05, 0.1) is 22.1 Å². The zero-order valence-electron chi connectivity index (χ0n) is 59.4. The summed E-state index contributed by atoms with van der Waals surface area (Å²) in [6.07, 6.45) is 0. The van der Waals surface area contributed by atoms with Crippen molar-refractivity contribution in [2.75, 3.05) is 0 Å². The molecule has 0 bridgehead atoms. The van der Waals surface area contributed by atoms with E-state index in [1.807, 2.05) is 115 Å². The number of rotatable bonds is 6. The summed E-state index contributed by atoms with van der Waals surface area (Å²) in [4.78, 5) is 15.2. The zero-order valence-corrected chi connectivity index (χ0v) is 66.0. The Morgan fingerprint density at radius 3 is 1.26 bits per heavy atom. The number of nitrogens with zero attached hydrogens (tertiary/aromatic N) is 2. The maximum Gasteiger partial charge on any atom is 0.195 e. The molecule has 112 heavy (non-hydrogen) atoms. The van der Waals surface area contributed by atoms with Gasteiger partial charge in [-0.3, -0.25) is 4.79 Å². The largest absolute Gasteiger partial charge is 0.309 e. The molecule has 1 unspecified atom stereocenters. The van der Waals surface area contributed by atoms with Gasteiger partial charge < -0.3 is 18.3 Å². The van der Waals surface area contributed by atoms with Crippen molar-refractivity contribution in [2.45, 2.75) is 17.2 Å². The number of hydrogen-bond acceptors (Lipinski definition) is 7. The van der Waals surface area contributed by atoms with Crippen molar-refractivity contribution in [1.29, 1.82) is 0 Å². The molecule has 0 saturated heterocycles. The molecule has 22 rings (SSSR count). The van der Waals surface area contributed by atoms with E-state index in [1.54, 1.807) is 45.8 Å². The minimum Gasteiger partial charge on any atom is -0.309 e. The predicted molar refractivity (Wildman–Crippen MR) is 493 cm³/mol. The molecule has 532 valence electrons. The van der Waals surface area contributed by atoms with Gasteiger partial charge in [0.15, 0.2) is 19.7 Å². The third-order valence-corrected chi connectivity index (χ3v) is 32.9. The van der Waals surface area contributed by atoms with E-state index in [0.717, 1.165) is 109 Å². The van der Waals surface area contributed by atoms with E-state index in [-0.39, 0.29) is 12.9 Å². The molecular weight excluding hydrogens is 1540 g/mol. The van der Waals surface area contributed by atoms with Gasteiger partial charge >= 0.3 is 0 Å². The van der Waals surface area contributed by atoms with Crippen LogP contribution in [0.5, 0.6) is 0 Å². The van der Waals surface area contributed by atoms with E-state index < -0.39 is 14.3 Å². The summed E-state index contributed by atoms with van der Waals surface area (Å²) in [6, 6.07) is 128. The van der Waals surface area contributed by atoms with Crippen LogP contribution < -0.4 is 37.3 Å². The molecule has 4 radical (unpaired) electrons. The maximum absolute atomic E-state index is 16.7. The smallest absolute Gasteiger partial charge is 0.195 e. The highest BCUT2D eigenvalue weighted by atomic mass is 79.9. The fourth-order valence-corrected chi connectivity index (χ4v) is 27.7. The lowest BCUT2D eigenvalue weighted by Crippen LogP contribution is -2.28. The second kappa shape index (κ2) is 30.2. The Kier molecular flexibility index (Phi) is 19.5. The molecule has 14 heteroatoms. The van der Waals surface area contributed by atoms with Crippen molar-refractivity contribution in [3.05, 3.63) is 385 Å². The number of halogens is 1. The van der Waals surface area contributed by atoms with Crippen LogP contribution >= 0.6 is 76.0 Å². The highest BCUT2D eigenvalue weighted by molar-refractivity contribution is 9.10. The molecule has 1 aliphatic rings. The molecule has 0 fully saturated rings. The van der Waals surface area contributed by atoms with Gasteiger partial charge in [0, 0.05) is 155 Å². The second-order valence-corrected chi connectivity index (χ2v) is 37.9. The van der Waals surface area contributed by atoms with Crippen molar-refractivity contribution in [1.82, 2.24) is 9.13 Å². The van der Waals surface area contributed by atoms with Crippen LogP contribution in [-0.2, 0) is 9.13 Å². The standard InChI is InChI=1S/C48H30NOPS2.C25H15NOS.C24H16BrOPS.CH4.B2/c50-51(32-14-2-1-3-15-32)43-23-11-6-18-35(43)36-19-7-12-24-45(36)52-47-28-31(49-41-21-9-4-16-33(41)34-17-5-10-22-42(34)49)26-27-38(47)39-29-40-37-20-8-13-25-46(37)53-48(40)30-44(39)51;27-25-19-9-3-6-12-23(19)28-24-15-16(13-14-20(24)25)26-21-10-4-1-7-17(21)18-8-2-5-11-22(18)26;25-21-15-20-19-13-7-8-14-23(19)28-24(20)16-22(21)27(26,17-9-3-1-4-10-17)18-11-5-2-6-12-18;;1-2/h1-30H;1-15H;1-16H;1H4;. The lowest BCUT2D eigenvalue weighted by molar-refractivity contribution is 0.591. The molecule has 0 aliphatic carbocycles. The Morgan fingerprint density at radius 2 is 0.705 bits per heavy atom. The highest BCUT2D eigenvalue weighted by Gasteiger charge is 2.38. The van der Waals surface area contributed by atoms with Gasteiger partial charge in [-0.25, -0.2) is 0 Å². The summed E-state index contributed by atoms with van der Waals surface area (Å²) in [5.41, 5.74) is 11.2. The molecule has 0 spiro atoms. The van der Waals surface area contributed by atoms with Crippen LogP contribution in [0.2, 0.25) is 0 Å². The minimum atomic E-state index is -3.46. The number of thiophene rings is 2. The Bertz CT molecular complexity index is 7270. The fourth-order valence-electron chi connectivity index (χ4n) is 16.1. The molecule has 0 saturated carbocycles. The lowest BCUT2D eigenvalue weighted by atomic mass is 9.81. The summed E-state index contributed by atoms with van der Waals surface area (Å²) in [7, 11) is 1.54. The number of fused-ring (bicyclic) bond motifs is 20. The van der Waals surface area contributed by atoms with E-state index >= 15 is 4.57 Å². The van der Waals surface area contributed by atoms with Crippen molar-refractivity contribution < 1.29 is 9.13 Å². The van der Waals surface area contributed by atoms with Crippen LogP contribution in [-0.4, -0.2) is 24.6 Å². The topological polar surface area (TPSA) is 61.1 Å². The van der Waals surface area contributed by atoms with E-state index in [1.165, 1.54) is 74.6 Å². The third-order valence-electron chi connectivity index (χ3n) is 21.1. The normalized spacial score (nSPS) is 13.2. The second-order valence-electron chi connectivity index (χ2n) is 27.2. The first-order valence-corrected chi connectivity index (χ1v) is 43.8. The van der Waals surface area contributed by atoms with Crippen LogP contribution in [0.4, 0.5) is 0 Å². The van der Waals surface area contributed by atoms with Gasteiger partial charge in [-0.05, 0) is 147 Å². The Balaban J connectivity index is 0.000000126. The van der Waals surface area contributed by atoms with Crippen molar-refractivity contribution in [3.8, 4) is 33.6 Å². The van der Waals surface area contributed by atoms with Crippen LogP contribution in [0.1, 0.15) is 7.43 Å². The molecule has 16 aromatic carbocycles. The Hall–Kier alpha value is -11.1. The summed E-state index contributed by atoms with van der Waals surface area (Å²) in [6.45, 7) is 0. The SMILES string of the molecule is C.O=P(c1ccccc1)(c1ccccc1)c1cc2sc3ccccc3c2cc1Br.O=P1(c2ccccc2)c2ccccc2-c2ccccc2Sc2cc(-n3c4ccccc4c4ccccc43)ccc2-c2cc3c(cc21)sc1ccccc13.O=c1c2ccccc2sc2cc(-n3c4ccccc4c4ccccc43)ccc12.[B][B]. The van der Waals surface area contributed by atoms with Gasteiger partial charge in [0.2, 0.25) is 0 Å². The van der Waals surface area contributed by atoms with Crippen LogP contribution in [0.3, 0.4) is 0 Å². The van der Waals surface area contributed by atoms with Gasteiger partial charge in [-0.2, -0.15) is 0 Å². The van der Waals surface area contributed by atoms with Gasteiger partial charge in [-0.1, -0.05) is 280 Å². The third kappa shape index (κ3) is 12.3. The molecule has 1 aliphatic heterocycles. The van der Waals surface area contributed by atoms with Gasteiger partial charge in [-0.15, -0.1) is 34.0 Å². The monoisotopic (exact) mass is 1610 g/mol. The summed E-state index contributed by atoms with van der Waals surface area (Å²) in [5, 5.41) is 16.5. The number of benzene rings is 16. The lowest BCUT2D eigenvalue weighted by Gasteiger charge is -2.28. The molecule has 5 aromatic heterocycles. The maximum atomic E-state index is 16.7. The van der Waals surface area contributed by atoms with Gasteiger partial charge in [0.25, 0.3) is 0 Å². The fraction of sp³-hybridized carbons (Fsp3) is 0.0102. The first kappa shape index (κ1) is 72.4.